The molecule has 0 amide bonds. The minimum absolute atomic E-state index is 0.875. The van der Waals surface area contributed by atoms with E-state index in [0.29, 0.717) is 0 Å². The molecule has 0 aliphatic carbocycles. The van der Waals surface area contributed by atoms with Gasteiger partial charge in [0.05, 0.1) is 33.1 Å². The van der Waals surface area contributed by atoms with E-state index in [0.717, 1.165) is 90.2 Å². The van der Waals surface area contributed by atoms with E-state index in [1.165, 1.54) is 164 Å². The van der Waals surface area contributed by atoms with Crippen LogP contribution in [0, 0.1) is 0 Å². The van der Waals surface area contributed by atoms with Gasteiger partial charge in [-0.15, -0.1) is 0 Å². The first-order valence-electron chi connectivity index (χ1n) is 51.0. The zero-order valence-electron chi connectivity index (χ0n) is 81.5. The Kier molecular flexibility index (Phi) is 22.5. The highest BCUT2D eigenvalue weighted by Gasteiger charge is 2.25. The van der Waals surface area contributed by atoms with Crippen LogP contribution in [0.25, 0.3) is 203 Å². The summed E-state index contributed by atoms with van der Waals surface area (Å²) in [6, 6.07) is 210. The fourth-order valence-electron chi connectivity index (χ4n) is 22.3. The second-order valence-corrected chi connectivity index (χ2v) is 38.3. The first-order chi connectivity index (χ1) is 73.9. The molecule has 0 saturated carbocycles. The van der Waals surface area contributed by atoms with Crippen LogP contribution in [0.1, 0.15) is 0 Å². The molecule has 0 bridgehead atoms. The molecule has 0 aliphatic heterocycles. The van der Waals surface area contributed by atoms with Gasteiger partial charge >= 0.3 is 0 Å². The third-order valence-corrected chi connectivity index (χ3v) is 29.4. The number of fused-ring (bicyclic) bond motifs is 16. The van der Waals surface area contributed by atoms with Crippen molar-refractivity contribution in [2.45, 2.75) is 0 Å². The van der Waals surface area contributed by atoms with Gasteiger partial charge in [-0.05, 0) is 305 Å². The first-order valence-corrected chi connectivity index (χ1v) is 51.0. The molecule has 700 valence electrons. The van der Waals surface area contributed by atoms with Crippen LogP contribution in [0.2, 0.25) is 0 Å². The second kappa shape index (κ2) is 38.1. The van der Waals surface area contributed by atoms with Crippen molar-refractivity contribution in [2.75, 3.05) is 14.7 Å². The van der Waals surface area contributed by atoms with E-state index in [1.54, 1.807) is 0 Å². The van der Waals surface area contributed by atoms with Crippen LogP contribution in [-0.2, 0) is 0 Å². The average Bonchev–Trinajstić information content (AvgIpc) is 1.59. The van der Waals surface area contributed by atoms with Crippen molar-refractivity contribution in [3.8, 4) is 72.7 Å². The lowest BCUT2D eigenvalue weighted by molar-refractivity contribution is 0.669. The number of para-hydroxylation sites is 7. The van der Waals surface area contributed by atoms with Gasteiger partial charge in [0.25, 0.3) is 0 Å². The molecule has 0 saturated heterocycles. The molecule has 0 N–H and O–H groups in total. The van der Waals surface area contributed by atoms with Gasteiger partial charge in [0.1, 0.15) is 11.2 Å². The van der Waals surface area contributed by atoms with E-state index in [9.17, 15) is 0 Å². The summed E-state index contributed by atoms with van der Waals surface area (Å²) in [5, 5.41) is 19.6. The summed E-state index contributed by atoms with van der Waals surface area (Å²) in [7, 11) is 0. The fourth-order valence-corrected chi connectivity index (χ4v) is 22.3. The fraction of sp³-hybridized carbons (Fsp3) is 0. The molecule has 0 fully saturated rings. The highest BCUT2D eigenvalue weighted by Crippen LogP contribution is 2.48. The molecule has 0 radical (unpaired) electrons. The largest absolute Gasteiger partial charge is 0.456 e. The predicted octanol–water partition coefficient (Wildman–Crippen LogP) is 39.6. The topological polar surface area (TPSA) is 37.6 Å². The lowest BCUT2D eigenvalue weighted by Gasteiger charge is -2.26. The molecule has 29 aromatic rings. The van der Waals surface area contributed by atoms with Crippen molar-refractivity contribution in [2.24, 2.45) is 0 Å². The molecule has 149 heavy (non-hydrogen) atoms. The molecule has 29 rings (SSSR count). The highest BCUT2D eigenvalue weighted by molar-refractivity contribution is 6.18. The van der Waals surface area contributed by atoms with Gasteiger partial charge in [0.2, 0.25) is 0 Å². The monoisotopic (exact) mass is 1900 g/mol. The number of hydrogen-bond acceptors (Lipinski definition) is 4. The number of hydrogen-bond donors (Lipinski definition) is 0. The molecular weight excluding hydrogens is 1810 g/mol. The third kappa shape index (κ3) is 16.5. The summed E-state index contributed by atoms with van der Waals surface area (Å²) < 4.78 is 13.5. The number of nitrogens with zero attached hydrogens (tertiary/aromatic N) is 6. The maximum absolute atomic E-state index is 6.36. The maximum Gasteiger partial charge on any atom is 0.137 e. The van der Waals surface area contributed by atoms with Crippen molar-refractivity contribution in [1.29, 1.82) is 0 Å². The van der Waals surface area contributed by atoms with Gasteiger partial charge in [-0.3, -0.25) is 0 Å². The van der Waals surface area contributed by atoms with Gasteiger partial charge in [0, 0.05) is 117 Å². The third-order valence-electron chi connectivity index (χ3n) is 29.4. The van der Waals surface area contributed by atoms with Crippen LogP contribution in [0.5, 0.6) is 0 Å². The molecule has 25 aromatic carbocycles. The standard InChI is InChI=1S/C50H34N2.C46H30N2O.C46H32N2/c1-3-12-35(13-4-1)36-22-27-42(28-23-36)51(43-29-24-38(25-30-43)46-20-11-15-37-14-7-8-18-45(37)46)44-31-26-39-33-48-47-19-9-10-21-49(47)52(41-16-5-2-6-17-41)50(48)34-40(39)32-44;1-3-11-31(12-4-1)32-19-22-36(23-20-32)47(38-25-26-41-40-16-8-10-18-45(40)49-46(41)30-38)37-24-21-33-28-42-39-15-7-9-17-43(39)48(35-13-5-2-6-14-35)44(42)29-34(33)27-37;1-4-12-33(13-5-1)35-20-25-40(26-21-35)47(41-27-22-36(23-28-41)34-14-6-2-7-15-34)42-29-24-37-31-44-43-18-10-11-19-45(43)48(39-16-8-3-9-17-39)46(44)32-38(37)30-42/h1-34H;1-30H;1-32H. The van der Waals surface area contributed by atoms with Gasteiger partial charge < -0.3 is 32.8 Å². The Hall–Kier alpha value is -19.9. The minimum atomic E-state index is 0.875. The summed E-state index contributed by atoms with van der Waals surface area (Å²) in [6.07, 6.45) is 0. The summed E-state index contributed by atoms with van der Waals surface area (Å²) in [6.45, 7) is 0. The van der Waals surface area contributed by atoms with E-state index >= 15 is 0 Å². The summed E-state index contributed by atoms with van der Waals surface area (Å²) >= 11 is 0. The van der Waals surface area contributed by atoms with Crippen LogP contribution in [0.3, 0.4) is 0 Å². The Bertz CT molecular complexity index is 9940. The normalized spacial score (nSPS) is 11.5. The molecule has 7 heteroatoms. The second-order valence-electron chi connectivity index (χ2n) is 38.3. The van der Waals surface area contributed by atoms with Crippen LogP contribution in [0.4, 0.5) is 51.2 Å². The van der Waals surface area contributed by atoms with Gasteiger partial charge in [-0.2, -0.15) is 0 Å². The summed E-state index contributed by atoms with van der Waals surface area (Å²) in [5.74, 6) is 0. The van der Waals surface area contributed by atoms with Crippen LogP contribution < -0.4 is 14.7 Å². The first kappa shape index (κ1) is 88.1. The lowest BCUT2D eigenvalue weighted by atomic mass is 9.98. The van der Waals surface area contributed by atoms with Crippen molar-refractivity contribution in [1.82, 2.24) is 13.7 Å². The zero-order valence-corrected chi connectivity index (χ0v) is 81.5. The van der Waals surface area contributed by atoms with Crippen molar-refractivity contribution < 1.29 is 4.42 Å². The summed E-state index contributed by atoms with van der Waals surface area (Å²) in [5.41, 5.74) is 34.4. The number of anilines is 9. The van der Waals surface area contributed by atoms with E-state index in [4.69, 9.17) is 4.42 Å². The van der Waals surface area contributed by atoms with Gasteiger partial charge in [0.15, 0.2) is 0 Å². The quantitative estimate of drug-likeness (QED) is 0.0911. The highest BCUT2D eigenvalue weighted by atomic mass is 16.3. The molecule has 7 nitrogen and oxygen atoms in total. The molecular formula is C142H96N6O. The summed E-state index contributed by atoms with van der Waals surface area (Å²) in [4.78, 5) is 7.07. The van der Waals surface area contributed by atoms with E-state index in [1.807, 2.05) is 12.1 Å². The van der Waals surface area contributed by atoms with Crippen molar-refractivity contribution in [3.63, 3.8) is 0 Å². The number of furan rings is 1. The number of benzene rings is 25. The Morgan fingerprint density at radius 1 is 0.128 bits per heavy atom. The Morgan fingerprint density at radius 2 is 0.383 bits per heavy atom. The smallest absolute Gasteiger partial charge is 0.137 e. The van der Waals surface area contributed by atoms with Crippen LogP contribution in [0.15, 0.2) is 587 Å². The van der Waals surface area contributed by atoms with Crippen molar-refractivity contribution >= 4 is 182 Å². The minimum Gasteiger partial charge on any atom is -0.456 e. The molecule has 0 atom stereocenters. The molecule has 4 aromatic heterocycles. The Morgan fingerprint density at radius 3 is 0.738 bits per heavy atom. The predicted molar refractivity (Wildman–Crippen MR) is 631 cm³/mol. The van der Waals surface area contributed by atoms with Gasteiger partial charge in [-0.1, -0.05) is 370 Å². The maximum atomic E-state index is 6.36. The SMILES string of the molecule is c1ccc(-c2ccc(N(c3ccc(-c4cccc5ccccc45)cc3)c3ccc4cc5c6ccccc6n(-c6ccccc6)c5cc4c3)cc2)cc1.c1ccc(-c2ccc(N(c3ccc(-c4ccccc4)cc3)c3ccc4cc5c6ccccc6n(-c6ccccc6)c5cc4c3)cc2)cc1.c1ccc(-c2ccc(N(c3ccc4cc5c6ccccc6n(-c6ccccc6)c5cc4c3)c3ccc4c(c3)oc3ccccc34)cc2)cc1. The molecule has 0 spiro atoms. The lowest BCUT2D eigenvalue weighted by Crippen LogP contribution is -2.09. The van der Waals surface area contributed by atoms with E-state index in [2.05, 4.69) is 599 Å². The van der Waals surface area contributed by atoms with Crippen molar-refractivity contribution in [3.05, 3.63) is 582 Å². The average molecular weight is 1900 g/mol. The molecule has 0 unspecified atom stereocenters. The van der Waals surface area contributed by atoms with Crippen LogP contribution in [-0.4, -0.2) is 13.7 Å². The molecule has 4 heterocycles. The zero-order chi connectivity index (χ0) is 98.6. The van der Waals surface area contributed by atoms with Gasteiger partial charge in [-0.25, -0.2) is 0 Å². The number of rotatable bonds is 17. The molecule has 0 aliphatic rings. The Labute approximate surface area is 863 Å². The van der Waals surface area contributed by atoms with E-state index in [-0.39, 0.29) is 0 Å². The van der Waals surface area contributed by atoms with E-state index < -0.39 is 0 Å². The number of aromatic nitrogens is 3. The Balaban J connectivity index is 0.000000110. The van der Waals surface area contributed by atoms with Crippen LogP contribution >= 0.6 is 0 Å².